The lowest BCUT2D eigenvalue weighted by Crippen LogP contribution is -2.17. The second-order valence-corrected chi connectivity index (χ2v) is 4.68. The van der Waals surface area contributed by atoms with Gasteiger partial charge in [-0.05, 0) is 36.8 Å². The van der Waals surface area contributed by atoms with Gasteiger partial charge in [0.15, 0.2) is 5.82 Å². The number of anilines is 2. The molecule has 0 aliphatic heterocycles. The number of carbonyl (C=O) groups excluding carboxylic acids is 1. The normalized spacial score (nSPS) is 10.4. The van der Waals surface area contributed by atoms with E-state index in [1.165, 1.54) is 6.07 Å². The summed E-state index contributed by atoms with van der Waals surface area (Å²) in [5, 5.41) is 2.82. The molecule has 0 aromatic heterocycles. The lowest BCUT2D eigenvalue weighted by molar-refractivity contribution is 0.101. The number of halogens is 3. The van der Waals surface area contributed by atoms with E-state index in [9.17, 15) is 13.6 Å². The van der Waals surface area contributed by atoms with Crippen LogP contribution in [0.25, 0.3) is 0 Å². The van der Waals surface area contributed by atoms with Gasteiger partial charge in [-0.3, -0.25) is 4.79 Å². The molecule has 0 heterocycles. The van der Waals surface area contributed by atoms with E-state index in [4.69, 9.17) is 17.3 Å². The van der Waals surface area contributed by atoms with Gasteiger partial charge in [-0.15, -0.1) is 0 Å². The van der Waals surface area contributed by atoms with Crippen LogP contribution in [0.15, 0.2) is 30.3 Å². The van der Waals surface area contributed by atoms with Crippen LogP contribution in [0.3, 0.4) is 0 Å². The second-order valence-electron chi connectivity index (χ2n) is 4.24. The Hall–Kier alpha value is -2.14. The van der Waals surface area contributed by atoms with Crippen molar-refractivity contribution in [1.29, 1.82) is 0 Å². The molecule has 0 aliphatic carbocycles. The van der Waals surface area contributed by atoms with Crippen LogP contribution in [0, 0.1) is 18.6 Å². The molecule has 2 aromatic carbocycles. The van der Waals surface area contributed by atoms with Crippen molar-refractivity contribution >= 4 is 28.9 Å². The van der Waals surface area contributed by atoms with Crippen molar-refractivity contribution < 1.29 is 13.6 Å². The molecule has 20 heavy (non-hydrogen) atoms. The van der Waals surface area contributed by atoms with E-state index in [-0.39, 0.29) is 5.69 Å². The molecule has 104 valence electrons. The number of amides is 1. The Morgan fingerprint density at radius 2 is 1.95 bits per heavy atom. The Kier molecular flexibility index (Phi) is 3.90. The van der Waals surface area contributed by atoms with Gasteiger partial charge in [-0.1, -0.05) is 17.7 Å². The van der Waals surface area contributed by atoms with E-state index >= 15 is 0 Å². The highest BCUT2D eigenvalue weighted by atomic mass is 35.5. The van der Waals surface area contributed by atoms with Gasteiger partial charge in [0.05, 0.1) is 5.69 Å². The maximum absolute atomic E-state index is 13.7. The number of carbonyl (C=O) groups is 1. The SMILES string of the molecule is Cc1ccc(Cl)cc1NC(=O)c1c(F)ccc(N)c1F. The first-order chi connectivity index (χ1) is 9.40. The molecule has 3 N–H and O–H groups in total. The zero-order valence-corrected chi connectivity index (χ0v) is 11.3. The summed E-state index contributed by atoms with van der Waals surface area (Å²) in [4.78, 5) is 12.0. The minimum atomic E-state index is -1.08. The Bertz CT molecular complexity index is 689. The minimum absolute atomic E-state index is 0.292. The van der Waals surface area contributed by atoms with Crippen LogP contribution in [0.2, 0.25) is 5.02 Å². The molecule has 0 saturated heterocycles. The highest BCUT2D eigenvalue weighted by molar-refractivity contribution is 6.31. The predicted molar refractivity (Wildman–Crippen MR) is 74.9 cm³/mol. The quantitative estimate of drug-likeness (QED) is 0.829. The third-order valence-electron chi connectivity index (χ3n) is 2.80. The number of rotatable bonds is 2. The first-order valence-corrected chi connectivity index (χ1v) is 6.09. The lowest BCUT2D eigenvalue weighted by atomic mass is 10.1. The van der Waals surface area contributed by atoms with Gasteiger partial charge in [-0.25, -0.2) is 8.78 Å². The minimum Gasteiger partial charge on any atom is -0.396 e. The molecule has 0 fully saturated rings. The van der Waals surface area contributed by atoms with E-state index in [1.54, 1.807) is 19.1 Å². The van der Waals surface area contributed by atoms with Gasteiger partial charge >= 0.3 is 0 Å². The molecule has 3 nitrogen and oxygen atoms in total. The van der Waals surface area contributed by atoms with Gasteiger partial charge in [0, 0.05) is 10.7 Å². The van der Waals surface area contributed by atoms with Crippen LogP contribution < -0.4 is 11.1 Å². The fourth-order valence-corrected chi connectivity index (χ4v) is 1.86. The highest BCUT2D eigenvalue weighted by Crippen LogP contribution is 2.23. The molecule has 1 amide bonds. The average Bonchev–Trinajstić information content (AvgIpc) is 2.39. The second kappa shape index (κ2) is 5.46. The average molecular weight is 297 g/mol. The van der Waals surface area contributed by atoms with Crippen molar-refractivity contribution in [2.24, 2.45) is 0 Å². The highest BCUT2D eigenvalue weighted by Gasteiger charge is 2.20. The maximum Gasteiger partial charge on any atom is 0.261 e. The Morgan fingerprint density at radius 3 is 2.65 bits per heavy atom. The van der Waals surface area contributed by atoms with Crippen molar-refractivity contribution in [2.45, 2.75) is 6.92 Å². The molecule has 0 atom stereocenters. The summed E-state index contributed by atoms with van der Waals surface area (Å²) >= 11 is 5.81. The van der Waals surface area contributed by atoms with Crippen molar-refractivity contribution in [2.75, 3.05) is 11.1 Å². The van der Waals surface area contributed by atoms with Crippen LogP contribution in [0.4, 0.5) is 20.2 Å². The van der Waals surface area contributed by atoms with Gasteiger partial charge in [0.1, 0.15) is 11.4 Å². The van der Waals surface area contributed by atoms with Crippen molar-refractivity contribution in [1.82, 2.24) is 0 Å². The standard InChI is InChI=1S/C14H11ClF2N2O/c1-7-2-3-8(15)6-11(7)19-14(20)12-9(16)4-5-10(18)13(12)17/h2-6H,18H2,1H3,(H,19,20). The molecule has 0 bridgehead atoms. The monoisotopic (exact) mass is 296 g/mol. The summed E-state index contributed by atoms with van der Waals surface area (Å²) in [5.74, 6) is -2.98. The third kappa shape index (κ3) is 2.72. The number of hydrogen-bond donors (Lipinski definition) is 2. The van der Waals surface area contributed by atoms with Crippen LogP contribution in [-0.4, -0.2) is 5.91 Å². The fraction of sp³-hybridized carbons (Fsp3) is 0.0714. The molecule has 0 unspecified atom stereocenters. The van der Waals surface area contributed by atoms with E-state index in [1.807, 2.05) is 0 Å². The summed E-state index contributed by atoms with van der Waals surface area (Å²) < 4.78 is 27.3. The molecule has 6 heteroatoms. The van der Waals surface area contributed by atoms with E-state index in [0.717, 1.165) is 12.1 Å². The maximum atomic E-state index is 13.7. The number of benzene rings is 2. The number of nitrogens with one attached hydrogen (secondary N) is 1. The van der Waals surface area contributed by atoms with Crippen molar-refractivity contribution in [3.8, 4) is 0 Å². The van der Waals surface area contributed by atoms with Gasteiger partial charge in [0.25, 0.3) is 5.91 Å². The van der Waals surface area contributed by atoms with Gasteiger partial charge in [0.2, 0.25) is 0 Å². The van der Waals surface area contributed by atoms with E-state index in [0.29, 0.717) is 16.3 Å². The first kappa shape index (κ1) is 14.3. The molecule has 0 saturated carbocycles. The van der Waals surface area contributed by atoms with Gasteiger partial charge < -0.3 is 11.1 Å². The van der Waals surface area contributed by atoms with Crippen molar-refractivity contribution in [3.05, 3.63) is 58.1 Å². The molecular formula is C14H11ClF2N2O. The van der Waals surface area contributed by atoms with Crippen LogP contribution in [0.1, 0.15) is 15.9 Å². The summed E-state index contributed by atoms with van der Waals surface area (Å²) in [6, 6.07) is 6.83. The number of nitrogens with two attached hydrogens (primary N) is 1. The van der Waals surface area contributed by atoms with Crippen LogP contribution in [0.5, 0.6) is 0 Å². The largest absolute Gasteiger partial charge is 0.396 e. The summed E-state index contributed by atoms with van der Waals surface area (Å²) in [6.45, 7) is 1.73. The van der Waals surface area contributed by atoms with E-state index in [2.05, 4.69) is 5.32 Å². The van der Waals surface area contributed by atoms with Gasteiger partial charge in [-0.2, -0.15) is 0 Å². The lowest BCUT2D eigenvalue weighted by Gasteiger charge is -2.10. The van der Waals surface area contributed by atoms with Crippen LogP contribution in [-0.2, 0) is 0 Å². The smallest absolute Gasteiger partial charge is 0.261 e. The molecule has 2 rings (SSSR count). The summed E-state index contributed by atoms with van der Waals surface area (Å²) in [7, 11) is 0. The molecule has 0 aliphatic rings. The van der Waals surface area contributed by atoms with Crippen molar-refractivity contribution in [3.63, 3.8) is 0 Å². The Balaban J connectivity index is 2.38. The molecule has 0 radical (unpaired) electrons. The number of nitrogen functional groups attached to an aromatic ring is 1. The Labute approximate surface area is 119 Å². The number of hydrogen-bond acceptors (Lipinski definition) is 2. The fourth-order valence-electron chi connectivity index (χ4n) is 1.69. The zero-order valence-electron chi connectivity index (χ0n) is 10.5. The summed E-state index contributed by atoms with van der Waals surface area (Å²) in [5.41, 5.74) is 5.42. The topological polar surface area (TPSA) is 55.1 Å². The van der Waals surface area contributed by atoms with E-state index < -0.39 is 23.1 Å². The molecule has 2 aromatic rings. The molecule has 0 spiro atoms. The summed E-state index contributed by atoms with van der Waals surface area (Å²) in [6.07, 6.45) is 0. The van der Waals surface area contributed by atoms with Crippen LogP contribution >= 0.6 is 11.6 Å². The first-order valence-electron chi connectivity index (χ1n) is 5.71. The Morgan fingerprint density at radius 1 is 1.25 bits per heavy atom. The third-order valence-corrected chi connectivity index (χ3v) is 3.03. The zero-order chi connectivity index (χ0) is 14.9. The predicted octanol–water partition coefficient (Wildman–Crippen LogP) is 3.76. The molecular weight excluding hydrogens is 286 g/mol. The number of aryl methyl sites for hydroxylation is 1.